The Bertz CT molecular complexity index is 349. The first kappa shape index (κ1) is 9.96. The van der Waals surface area contributed by atoms with E-state index in [1.165, 1.54) is 0 Å². The van der Waals surface area contributed by atoms with Gasteiger partial charge in [0.05, 0.1) is 6.04 Å². The normalized spacial score (nSPS) is 32.4. The zero-order valence-corrected chi connectivity index (χ0v) is 9.09. The van der Waals surface area contributed by atoms with Crippen LogP contribution in [-0.2, 0) is 14.6 Å². The van der Waals surface area contributed by atoms with Crippen LogP contribution in [0, 0.1) is 0 Å². The van der Waals surface area contributed by atoms with E-state index in [2.05, 4.69) is 0 Å². The van der Waals surface area contributed by atoms with Crippen LogP contribution in [0.5, 0.6) is 0 Å². The van der Waals surface area contributed by atoms with E-state index < -0.39 is 15.1 Å². The van der Waals surface area contributed by atoms with Crippen LogP contribution < -0.4 is 0 Å². The molecular weight excluding hydrogens is 202 g/mol. The monoisotopic (exact) mass is 217 g/mol. The number of rotatable bonds is 2. The van der Waals surface area contributed by atoms with Gasteiger partial charge in [-0.3, -0.25) is 4.79 Å². The van der Waals surface area contributed by atoms with Gasteiger partial charge in [0, 0.05) is 12.3 Å². The van der Waals surface area contributed by atoms with Gasteiger partial charge < -0.3 is 4.90 Å². The molecule has 2 aliphatic heterocycles. The zero-order chi connectivity index (χ0) is 10.3. The molecule has 0 radical (unpaired) electrons. The summed E-state index contributed by atoms with van der Waals surface area (Å²) in [5, 5.41) is -0.715. The van der Waals surface area contributed by atoms with Crippen molar-refractivity contribution in [3.8, 4) is 0 Å². The van der Waals surface area contributed by atoms with Gasteiger partial charge >= 0.3 is 0 Å². The fraction of sp³-hybridized carbons (Fsp3) is 0.889. The smallest absolute Gasteiger partial charge is 0.243 e. The maximum absolute atomic E-state index is 11.6. The third-order valence-corrected chi connectivity index (χ3v) is 5.31. The highest BCUT2D eigenvalue weighted by atomic mass is 32.2. The molecule has 80 valence electrons. The third-order valence-electron chi connectivity index (χ3n) is 3.21. The lowest BCUT2D eigenvalue weighted by atomic mass is 9.91. The average molecular weight is 217 g/mol. The minimum absolute atomic E-state index is 0.0128. The summed E-state index contributed by atoms with van der Waals surface area (Å²) in [4.78, 5) is 13.3. The Labute approximate surface area is 84.2 Å². The molecule has 0 saturated carbocycles. The Kier molecular flexibility index (Phi) is 2.29. The lowest BCUT2D eigenvalue weighted by Crippen LogP contribution is -2.68. The Morgan fingerprint density at radius 2 is 2.14 bits per heavy atom. The van der Waals surface area contributed by atoms with Gasteiger partial charge in [-0.25, -0.2) is 8.42 Å². The van der Waals surface area contributed by atoms with Crippen molar-refractivity contribution in [3.05, 3.63) is 0 Å². The van der Waals surface area contributed by atoms with Gasteiger partial charge in [-0.05, 0) is 19.3 Å². The van der Waals surface area contributed by atoms with Crippen LogP contribution in [0.4, 0.5) is 0 Å². The van der Waals surface area contributed by atoms with Gasteiger partial charge in [-0.2, -0.15) is 0 Å². The predicted octanol–water partition coefficient (Wildman–Crippen LogP) is 0.184. The summed E-state index contributed by atoms with van der Waals surface area (Å²) in [6.07, 6.45) is 2.92. The summed E-state index contributed by atoms with van der Waals surface area (Å²) in [6.45, 7) is 2.35. The fourth-order valence-electron chi connectivity index (χ4n) is 2.36. The van der Waals surface area contributed by atoms with Gasteiger partial charge in [-0.15, -0.1) is 0 Å². The molecule has 0 aromatic carbocycles. The van der Waals surface area contributed by atoms with Crippen LogP contribution in [-0.4, -0.2) is 42.8 Å². The molecule has 2 aliphatic rings. The first-order valence-electron chi connectivity index (χ1n) is 5.10. The van der Waals surface area contributed by atoms with Crippen LogP contribution in [0.15, 0.2) is 0 Å². The molecule has 2 unspecified atom stereocenters. The summed E-state index contributed by atoms with van der Waals surface area (Å²) >= 11 is 0. The molecule has 2 saturated heterocycles. The molecule has 2 rings (SSSR count). The first-order chi connectivity index (χ1) is 6.58. The van der Waals surface area contributed by atoms with Crippen LogP contribution in [0.3, 0.4) is 0 Å². The van der Waals surface area contributed by atoms with Crippen molar-refractivity contribution in [1.29, 1.82) is 0 Å². The van der Waals surface area contributed by atoms with E-state index in [-0.39, 0.29) is 17.7 Å². The number of carbonyl (C=O) groups excluding carboxylic acids is 1. The topological polar surface area (TPSA) is 54.5 Å². The molecule has 2 atom stereocenters. The number of sulfone groups is 1. The van der Waals surface area contributed by atoms with E-state index in [1.54, 1.807) is 11.8 Å². The highest BCUT2D eigenvalue weighted by Gasteiger charge is 2.53. The Morgan fingerprint density at radius 3 is 2.79 bits per heavy atom. The Morgan fingerprint density at radius 1 is 1.43 bits per heavy atom. The largest absolute Gasteiger partial charge is 0.337 e. The number of amides is 1. The summed E-state index contributed by atoms with van der Waals surface area (Å²) in [5.74, 6) is -0.0927. The van der Waals surface area contributed by atoms with Crippen molar-refractivity contribution >= 4 is 15.7 Å². The maximum Gasteiger partial charge on any atom is 0.243 e. The molecule has 4 nitrogen and oxygen atoms in total. The number of hydrogen-bond acceptors (Lipinski definition) is 3. The fourth-order valence-corrected chi connectivity index (χ4v) is 3.93. The number of piperidine rings is 1. The van der Waals surface area contributed by atoms with Crippen molar-refractivity contribution < 1.29 is 13.2 Å². The number of β-lactam (4-membered cyclic amide) rings is 1. The highest BCUT2D eigenvalue weighted by Crippen LogP contribution is 2.33. The second-order valence-electron chi connectivity index (χ2n) is 3.97. The van der Waals surface area contributed by atoms with Crippen molar-refractivity contribution in [1.82, 2.24) is 4.90 Å². The Balaban J connectivity index is 2.19. The van der Waals surface area contributed by atoms with Gasteiger partial charge in [-0.1, -0.05) is 6.92 Å². The summed E-state index contributed by atoms with van der Waals surface area (Å²) in [7, 11) is -3.17. The van der Waals surface area contributed by atoms with E-state index in [1.807, 2.05) is 0 Å². The number of hydrogen-bond donors (Lipinski definition) is 0. The van der Waals surface area contributed by atoms with Crippen molar-refractivity contribution in [2.75, 3.05) is 12.3 Å². The lowest BCUT2D eigenvalue weighted by molar-refractivity contribution is -0.147. The van der Waals surface area contributed by atoms with Crippen molar-refractivity contribution in [3.63, 3.8) is 0 Å². The van der Waals surface area contributed by atoms with E-state index >= 15 is 0 Å². The van der Waals surface area contributed by atoms with E-state index in [0.29, 0.717) is 0 Å². The summed E-state index contributed by atoms with van der Waals surface area (Å²) < 4.78 is 23.2. The molecule has 0 N–H and O–H groups in total. The molecule has 2 heterocycles. The maximum atomic E-state index is 11.6. The van der Waals surface area contributed by atoms with Gasteiger partial charge in [0.15, 0.2) is 15.1 Å². The SMILES string of the molecule is CCS(=O)(=O)C1C(=O)N2CCCCC12. The molecule has 5 heteroatoms. The van der Waals surface area contributed by atoms with Gasteiger partial charge in [0.25, 0.3) is 0 Å². The second-order valence-corrected chi connectivity index (χ2v) is 6.38. The van der Waals surface area contributed by atoms with E-state index in [0.717, 1.165) is 25.8 Å². The van der Waals surface area contributed by atoms with Crippen LogP contribution in [0.25, 0.3) is 0 Å². The summed E-state index contributed by atoms with van der Waals surface area (Å²) in [5.41, 5.74) is 0. The van der Waals surface area contributed by atoms with Gasteiger partial charge in [0.2, 0.25) is 5.91 Å². The molecule has 0 aromatic heterocycles. The molecule has 0 spiro atoms. The van der Waals surface area contributed by atoms with Crippen LogP contribution in [0.2, 0.25) is 0 Å². The van der Waals surface area contributed by atoms with E-state index in [9.17, 15) is 13.2 Å². The molecule has 0 aromatic rings. The zero-order valence-electron chi connectivity index (χ0n) is 8.27. The van der Waals surface area contributed by atoms with Crippen molar-refractivity contribution in [2.24, 2.45) is 0 Å². The number of carbonyl (C=O) groups is 1. The second kappa shape index (κ2) is 3.22. The minimum atomic E-state index is -3.17. The third kappa shape index (κ3) is 1.26. The van der Waals surface area contributed by atoms with Gasteiger partial charge in [0.1, 0.15) is 0 Å². The lowest BCUT2D eigenvalue weighted by Gasteiger charge is -2.49. The van der Waals surface area contributed by atoms with Crippen molar-refractivity contribution in [2.45, 2.75) is 37.5 Å². The molecule has 14 heavy (non-hydrogen) atoms. The summed E-state index contributed by atoms with van der Waals surface area (Å²) in [6, 6.07) is -0.0128. The first-order valence-corrected chi connectivity index (χ1v) is 6.81. The minimum Gasteiger partial charge on any atom is -0.337 e. The highest BCUT2D eigenvalue weighted by molar-refractivity contribution is 7.92. The number of fused-ring (bicyclic) bond motifs is 1. The standard InChI is InChI=1S/C9H15NO3S/c1-2-14(12,13)8-7-5-3-4-6-10(7)9(8)11/h7-8H,2-6H2,1H3. The molecule has 2 fully saturated rings. The molecule has 0 bridgehead atoms. The predicted molar refractivity (Wildman–Crippen MR) is 52.6 cm³/mol. The molecular formula is C9H15NO3S. The van der Waals surface area contributed by atoms with Crippen LogP contribution in [0.1, 0.15) is 26.2 Å². The average Bonchev–Trinajstić information content (AvgIpc) is 2.17. The molecule has 1 amide bonds. The van der Waals surface area contributed by atoms with Crippen LogP contribution >= 0.6 is 0 Å². The Hall–Kier alpha value is -0.580. The van der Waals surface area contributed by atoms with E-state index in [4.69, 9.17) is 0 Å². The quantitative estimate of drug-likeness (QED) is 0.620. The number of nitrogens with zero attached hydrogens (tertiary/aromatic N) is 1. The molecule has 0 aliphatic carbocycles.